The topological polar surface area (TPSA) is 15.3 Å². The molecule has 1 N–H and O–H groups in total. The number of hydrogen-bond acceptors (Lipinski definition) is 2. The van der Waals surface area contributed by atoms with Crippen LogP contribution in [-0.2, 0) is 0 Å². The van der Waals surface area contributed by atoms with Crippen molar-refractivity contribution in [3.8, 4) is 0 Å². The molecule has 14 heavy (non-hydrogen) atoms. The predicted molar refractivity (Wildman–Crippen MR) is 53.8 cm³/mol. The van der Waals surface area contributed by atoms with E-state index in [-0.39, 0.29) is 13.1 Å². The van der Waals surface area contributed by atoms with Crippen LogP contribution in [0.2, 0.25) is 0 Å². The van der Waals surface area contributed by atoms with Gasteiger partial charge in [0.25, 0.3) is 5.92 Å². The number of nitrogens with one attached hydrogen (secondary N) is 1. The third-order valence-corrected chi connectivity index (χ3v) is 2.81. The van der Waals surface area contributed by atoms with E-state index < -0.39 is 5.92 Å². The van der Waals surface area contributed by atoms with Crippen LogP contribution in [0.3, 0.4) is 0 Å². The van der Waals surface area contributed by atoms with Gasteiger partial charge in [-0.05, 0) is 26.4 Å². The Labute approximate surface area is 84.7 Å². The van der Waals surface area contributed by atoms with Gasteiger partial charge in [0.05, 0.1) is 13.1 Å². The zero-order valence-electron chi connectivity index (χ0n) is 9.02. The van der Waals surface area contributed by atoms with Gasteiger partial charge in [-0.15, -0.1) is 0 Å². The van der Waals surface area contributed by atoms with Gasteiger partial charge in [-0.3, -0.25) is 4.90 Å². The lowest BCUT2D eigenvalue weighted by Gasteiger charge is -2.36. The van der Waals surface area contributed by atoms with Gasteiger partial charge >= 0.3 is 0 Å². The first kappa shape index (κ1) is 11.9. The van der Waals surface area contributed by atoms with Gasteiger partial charge in [0.1, 0.15) is 0 Å². The number of rotatable bonds is 6. The predicted octanol–water partition coefficient (Wildman–Crippen LogP) is 1.72. The largest absolute Gasteiger partial charge is 0.311 e. The lowest BCUT2D eigenvalue weighted by Crippen LogP contribution is -2.47. The second-order valence-electron chi connectivity index (χ2n) is 4.14. The highest BCUT2D eigenvalue weighted by Gasteiger charge is 2.33. The summed E-state index contributed by atoms with van der Waals surface area (Å²) in [7, 11) is 1.80. The maximum absolute atomic E-state index is 13.3. The fourth-order valence-corrected chi connectivity index (χ4v) is 1.69. The summed E-state index contributed by atoms with van der Waals surface area (Å²) < 4.78 is 26.6. The molecular weight excluding hydrogens is 186 g/mol. The summed E-state index contributed by atoms with van der Waals surface area (Å²) in [5, 5.41) is 2.69. The molecule has 1 aliphatic carbocycles. The van der Waals surface area contributed by atoms with E-state index in [9.17, 15) is 8.78 Å². The second kappa shape index (κ2) is 5.03. The minimum atomic E-state index is -2.60. The monoisotopic (exact) mass is 206 g/mol. The normalized spacial score (nSPS) is 18.6. The lowest BCUT2D eigenvalue weighted by molar-refractivity contribution is -0.0409. The van der Waals surface area contributed by atoms with Crippen LogP contribution in [0.15, 0.2) is 0 Å². The van der Waals surface area contributed by atoms with Crippen molar-refractivity contribution in [2.45, 2.75) is 38.2 Å². The Morgan fingerprint density at radius 1 is 1.43 bits per heavy atom. The van der Waals surface area contributed by atoms with E-state index in [1.54, 1.807) is 11.9 Å². The molecule has 1 saturated carbocycles. The van der Waals surface area contributed by atoms with Gasteiger partial charge in [-0.1, -0.05) is 13.3 Å². The molecule has 1 fully saturated rings. The van der Waals surface area contributed by atoms with Crippen molar-refractivity contribution in [2.75, 3.05) is 26.7 Å². The van der Waals surface area contributed by atoms with Crippen LogP contribution in [0, 0.1) is 0 Å². The molecule has 1 aliphatic rings. The summed E-state index contributed by atoms with van der Waals surface area (Å²) in [5.74, 6) is -2.60. The van der Waals surface area contributed by atoms with E-state index in [0.29, 0.717) is 12.6 Å². The molecule has 0 aromatic rings. The van der Waals surface area contributed by atoms with Gasteiger partial charge < -0.3 is 5.32 Å². The number of hydrogen-bond donors (Lipinski definition) is 1. The van der Waals surface area contributed by atoms with E-state index in [2.05, 4.69) is 5.32 Å². The van der Waals surface area contributed by atoms with Gasteiger partial charge in [-0.25, -0.2) is 8.78 Å². The van der Waals surface area contributed by atoms with Crippen molar-refractivity contribution in [3.63, 3.8) is 0 Å². The molecule has 0 bridgehead atoms. The Balaban J connectivity index is 2.25. The van der Waals surface area contributed by atoms with Crippen LogP contribution in [-0.4, -0.2) is 43.5 Å². The molecule has 0 unspecified atom stereocenters. The highest BCUT2D eigenvalue weighted by Crippen LogP contribution is 2.25. The van der Waals surface area contributed by atoms with Crippen LogP contribution in [0.4, 0.5) is 8.78 Å². The van der Waals surface area contributed by atoms with E-state index in [1.165, 1.54) is 6.42 Å². The molecule has 0 saturated heterocycles. The Hall–Kier alpha value is -0.220. The molecule has 0 spiro atoms. The maximum Gasteiger partial charge on any atom is 0.272 e. The molecular formula is C10H20F2N2. The third-order valence-electron chi connectivity index (χ3n) is 2.81. The molecule has 2 nitrogen and oxygen atoms in total. The van der Waals surface area contributed by atoms with Crippen LogP contribution in [0.5, 0.6) is 0 Å². The summed E-state index contributed by atoms with van der Waals surface area (Å²) >= 11 is 0. The number of alkyl halides is 2. The minimum absolute atomic E-state index is 0.120. The number of nitrogens with zero attached hydrogens (tertiary/aromatic N) is 1. The van der Waals surface area contributed by atoms with Crippen LogP contribution in [0.1, 0.15) is 26.2 Å². The first-order valence-corrected chi connectivity index (χ1v) is 5.34. The molecule has 0 radical (unpaired) electrons. The smallest absolute Gasteiger partial charge is 0.272 e. The fraction of sp³-hybridized carbons (Fsp3) is 1.00. The Bertz CT molecular complexity index is 170. The highest BCUT2D eigenvalue weighted by molar-refractivity contribution is 4.82. The van der Waals surface area contributed by atoms with E-state index in [1.807, 2.05) is 6.92 Å². The third kappa shape index (κ3) is 3.50. The average Bonchev–Trinajstić information content (AvgIpc) is 1.96. The molecule has 0 aromatic heterocycles. The van der Waals surface area contributed by atoms with Crippen molar-refractivity contribution in [2.24, 2.45) is 0 Å². The zero-order chi connectivity index (χ0) is 10.6. The van der Waals surface area contributed by atoms with E-state index in [4.69, 9.17) is 0 Å². The molecule has 1 rings (SSSR count). The summed E-state index contributed by atoms with van der Waals surface area (Å²) in [6.45, 7) is 2.11. The van der Waals surface area contributed by atoms with Crippen molar-refractivity contribution in [3.05, 3.63) is 0 Å². The Kier molecular flexibility index (Phi) is 4.26. The first-order chi connectivity index (χ1) is 6.55. The summed E-state index contributed by atoms with van der Waals surface area (Å²) in [6, 6.07) is 0.391. The maximum atomic E-state index is 13.3. The van der Waals surface area contributed by atoms with Gasteiger partial charge in [0, 0.05) is 6.04 Å². The number of halogens is 2. The molecule has 0 atom stereocenters. The minimum Gasteiger partial charge on any atom is -0.311 e. The van der Waals surface area contributed by atoms with Crippen molar-refractivity contribution in [1.82, 2.24) is 10.2 Å². The van der Waals surface area contributed by atoms with Crippen molar-refractivity contribution >= 4 is 0 Å². The highest BCUT2D eigenvalue weighted by atomic mass is 19.3. The standard InChI is InChI=1S/C10H20F2N2/c1-3-13-7-10(11,12)8-14(2)9-5-4-6-9/h9,13H,3-8H2,1-2H3. The van der Waals surface area contributed by atoms with Crippen LogP contribution < -0.4 is 5.32 Å². The summed E-state index contributed by atoms with van der Waals surface area (Å²) in [4.78, 5) is 1.79. The van der Waals surface area contributed by atoms with Crippen molar-refractivity contribution < 1.29 is 8.78 Å². The molecule has 0 heterocycles. The molecule has 0 aliphatic heterocycles. The lowest BCUT2D eigenvalue weighted by atomic mass is 9.91. The summed E-state index contributed by atoms with van der Waals surface area (Å²) in [6.07, 6.45) is 3.34. The molecule has 84 valence electrons. The second-order valence-corrected chi connectivity index (χ2v) is 4.14. The Morgan fingerprint density at radius 2 is 2.07 bits per heavy atom. The average molecular weight is 206 g/mol. The summed E-state index contributed by atoms with van der Waals surface area (Å²) in [5.41, 5.74) is 0. The van der Waals surface area contributed by atoms with E-state index in [0.717, 1.165) is 12.8 Å². The first-order valence-electron chi connectivity index (χ1n) is 5.34. The molecule has 4 heteroatoms. The van der Waals surface area contributed by atoms with Crippen LogP contribution in [0.25, 0.3) is 0 Å². The van der Waals surface area contributed by atoms with Gasteiger partial charge in [0.15, 0.2) is 0 Å². The van der Waals surface area contributed by atoms with Crippen molar-refractivity contribution in [1.29, 1.82) is 0 Å². The zero-order valence-corrected chi connectivity index (χ0v) is 9.02. The molecule has 0 aromatic carbocycles. The van der Waals surface area contributed by atoms with E-state index >= 15 is 0 Å². The quantitative estimate of drug-likeness (QED) is 0.712. The van der Waals surface area contributed by atoms with Gasteiger partial charge in [-0.2, -0.15) is 0 Å². The SMILES string of the molecule is CCNCC(F)(F)CN(C)C1CCC1. The molecule has 0 amide bonds. The Morgan fingerprint density at radius 3 is 2.50 bits per heavy atom. The van der Waals surface area contributed by atoms with Gasteiger partial charge in [0.2, 0.25) is 0 Å². The fourth-order valence-electron chi connectivity index (χ4n) is 1.69. The van der Waals surface area contributed by atoms with Crippen LogP contribution >= 0.6 is 0 Å².